The van der Waals surface area contributed by atoms with Crippen LogP contribution >= 0.6 is 0 Å². The highest BCUT2D eigenvalue weighted by Crippen LogP contribution is 2.42. The van der Waals surface area contributed by atoms with Gasteiger partial charge in [-0.3, -0.25) is 9.59 Å². The van der Waals surface area contributed by atoms with Crippen LogP contribution < -0.4 is 0 Å². The molecule has 0 radical (unpaired) electrons. The maximum absolute atomic E-state index is 12.9. The Kier molecular flexibility index (Phi) is 10.3. The fourth-order valence-corrected chi connectivity index (χ4v) is 5.29. The summed E-state index contributed by atoms with van der Waals surface area (Å²) in [4.78, 5) is 25.7. The molecule has 0 aliphatic heterocycles. The first kappa shape index (κ1) is 28.5. The molecule has 0 heterocycles. The Morgan fingerprint density at radius 1 is 0.765 bits per heavy atom. The van der Waals surface area contributed by atoms with Crippen molar-refractivity contribution in [3.05, 3.63) is 46.6 Å². The number of allylic oxidation sites excluding steroid dienone is 6. The van der Waals surface area contributed by atoms with Crippen LogP contribution in [-0.2, 0) is 9.59 Å². The molecule has 0 saturated heterocycles. The van der Waals surface area contributed by atoms with Gasteiger partial charge in [0.25, 0.3) is 0 Å². The number of aliphatic hydroxyl groups excluding tert-OH is 2. The fourth-order valence-electron chi connectivity index (χ4n) is 5.29. The number of rotatable bonds is 9. The van der Waals surface area contributed by atoms with E-state index in [1.807, 2.05) is 53.7 Å². The first-order chi connectivity index (χ1) is 15.9. The van der Waals surface area contributed by atoms with E-state index < -0.39 is 23.0 Å². The van der Waals surface area contributed by atoms with Crippen LogP contribution in [-0.4, -0.2) is 34.0 Å². The van der Waals surface area contributed by atoms with Crippen LogP contribution in [0.5, 0.6) is 0 Å². The number of ketones is 2. The Hall–Kier alpha value is -1.78. The van der Waals surface area contributed by atoms with E-state index in [4.69, 9.17) is 0 Å². The standard InChI is InChI=1S/C30H46O4/c1-21(2)15-17-25(31)29(5)19-9-13-23(27(29)33)11-7-8-12-24-14-10-20-30(6,28(24)34)26(32)18-16-22(3)4/h11-12,15-16,27-28,33-34H,7-10,13-14,17-20H2,1-6H3/b23-11-,24-12-/t27-,28-,29-,30-/m1/s1. The summed E-state index contributed by atoms with van der Waals surface area (Å²) in [6.07, 6.45) is 13.7. The Bertz CT molecular complexity index is 794. The Morgan fingerprint density at radius 2 is 1.12 bits per heavy atom. The van der Waals surface area contributed by atoms with Crippen molar-refractivity contribution in [3.8, 4) is 0 Å². The molecule has 4 heteroatoms. The van der Waals surface area contributed by atoms with E-state index in [-0.39, 0.29) is 11.6 Å². The quantitative estimate of drug-likeness (QED) is 0.295. The highest BCUT2D eigenvalue weighted by atomic mass is 16.3. The number of Topliss-reactive ketones (excluding diaryl/α,β-unsaturated/α-hetero) is 2. The third-order valence-corrected chi connectivity index (χ3v) is 7.88. The molecule has 0 bridgehead atoms. The second-order valence-corrected chi connectivity index (χ2v) is 11.3. The van der Waals surface area contributed by atoms with Gasteiger partial charge >= 0.3 is 0 Å². The van der Waals surface area contributed by atoms with Crippen molar-refractivity contribution in [2.24, 2.45) is 10.8 Å². The molecule has 0 aromatic carbocycles. The lowest BCUT2D eigenvalue weighted by molar-refractivity contribution is -0.134. The summed E-state index contributed by atoms with van der Waals surface area (Å²) in [5.41, 5.74) is 2.71. The predicted molar refractivity (Wildman–Crippen MR) is 139 cm³/mol. The zero-order chi connectivity index (χ0) is 25.5. The van der Waals surface area contributed by atoms with Gasteiger partial charge in [0, 0.05) is 12.8 Å². The molecule has 2 rings (SSSR count). The number of aliphatic hydroxyl groups is 2. The lowest BCUT2D eigenvalue weighted by Crippen LogP contribution is -2.43. The minimum absolute atomic E-state index is 0.108. The van der Waals surface area contributed by atoms with Gasteiger partial charge in [0.2, 0.25) is 0 Å². The molecule has 0 amide bonds. The molecule has 190 valence electrons. The van der Waals surface area contributed by atoms with Crippen molar-refractivity contribution < 1.29 is 19.8 Å². The van der Waals surface area contributed by atoms with Crippen LogP contribution in [0.2, 0.25) is 0 Å². The molecule has 4 atom stereocenters. The van der Waals surface area contributed by atoms with E-state index in [9.17, 15) is 19.8 Å². The minimum Gasteiger partial charge on any atom is -0.388 e. The van der Waals surface area contributed by atoms with E-state index in [2.05, 4.69) is 12.2 Å². The highest BCUT2D eigenvalue weighted by Gasteiger charge is 2.44. The molecule has 4 nitrogen and oxygen atoms in total. The van der Waals surface area contributed by atoms with Crippen LogP contribution in [0.1, 0.15) is 106 Å². The molecular weight excluding hydrogens is 424 g/mol. The van der Waals surface area contributed by atoms with E-state index in [1.165, 1.54) is 0 Å². The second-order valence-electron chi connectivity index (χ2n) is 11.3. The fraction of sp³-hybridized carbons (Fsp3) is 0.667. The molecule has 0 unspecified atom stereocenters. The second kappa shape index (κ2) is 12.3. The zero-order valence-corrected chi connectivity index (χ0v) is 22.2. The van der Waals surface area contributed by atoms with E-state index in [1.54, 1.807) is 0 Å². The average Bonchev–Trinajstić information content (AvgIpc) is 2.78. The SMILES string of the molecule is CC(C)=CCC(=O)[C@@]1(C)CCC/C(=C/CC/C=C2/CCC[C@](C)(C(=O)CC=C(C)C)[C@@H]2O)[C@H]1O. The van der Waals surface area contributed by atoms with Gasteiger partial charge in [-0.2, -0.15) is 0 Å². The Balaban J connectivity index is 2.03. The smallest absolute Gasteiger partial charge is 0.145 e. The van der Waals surface area contributed by atoms with Gasteiger partial charge in [-0.05, 0) is 104 Å². The molecule has 2 saturated carbocycles. The van der Waals surface area contributed by atoms with Crippen molar-refractivity contribution in [1.82, 2.24) is 0 Å². The average molecular weight is 471 g/mol. The van der Waals surface area contributed by atoms with E-state index >= 15 is 0 Å². The van der Waals surface area contributed by atoms with Crippen LogP contribution in [0.25, 0.3) is 0 Å². The number of carbonyl (C=O) groups excluding carboxylic acids is 2. The first-order valence-corrected chi connectivity index (χ1v) is 13.0. The normalized spacial score (nSPS) is 31.9. The van der Waals surface area contributed by atoms with E-state index in [0.29, 0.717) is 12.8 Å². The molecule has 2 aliphatic carbocycles. The van der Waals surface area contributed by atoms with Gasteiger partial charge in [0.15, 0.2) is 0 Å². The number of carbonyl (C=O) groups is 2. The third kappa shape index (κ3) is 6.88. The van der Waals surface area contributed by atoms with Gasteiger partial charge in [-0.15, -0.1) is 0 Å². The molecular formula is C30H46O4. The lowest BCUT2D eigenvalue weighted by Gasteiger charge is -2.39. The van der Waals surface area contributed by atoms with Crippen molar-refractivity contribution in [2.75, 3.05) is 0 Å². The number of hydrogen-bond donors (Lipinski definition) is 2. The topological polar surface area (TPSA) is 74.6 Å². The van der Waals surface area contributed by atoms with Gasteiger partial charge in [-0.25, -0.2) is 0 Å². The summed E-state index contributed by atoms with van der Waals surface area (Å²) in [6.45, 7) is 11.7. The molecule has 0 aromatic rings. The number of unbranched alkanes of at least 4 members (excludes halogenated alkanes) is 1. The monoisotopic (exact) mass is 470 g/mol. The predicted octanol–water partition coefficient (Wildman–Crippen LogP) is 6.57. The maximum atomic E-state index is 12.9. The largest absolute Gasteiger partial charge is 0.388 e. The maximum Gasteiger partial charge on any atom is 0.145 e. The molecule has 0 spiro atoms. The van der Waals surface area contributed by atoms with Gasteiger partial charge in [0.1, 0.15) is 11.6 Å². The minimum atomic E-state index is -0.733. The molecule has 0 aromatic heterocycles. The van der Waals surface area contributed by atoms with Crippen molar-refractivity contribution >= 4 is 11.6 Å². The molecule has 2 fully saturated rings. The van der Waals surface area contributed by atoms with Crippen LogP contribution in [0.15, 0.2) is 46.6 Å². The van der Waals surface area contributed by atoms with Crippen molar-refractivity contribution in [3.63, 3.8) is 0 Å². The summed E-state index contributed by atoms with van der Waals surface area (Å²) in [5.74, 6) is 0.215. The highest BCUT2D eigenvalue weighted by molar-refractivity contribution is 5.87. The van der Waals surface area contributed by atoms with E-state index in [0.717, 1.165) is 73.7 Å². The van der Waals surface area contributed by atoms with Gasteiger partial charge in [-0.1, -0.05) is 35.5 Å². The van der Waals surface area contributed by atoms with Gasteiger partial charge in [0.05, 0.1) is 23.0 Å². The van der Waals surface area contributed by atoms with Crippen LogP contribution in [0.3, 0.4) is 0 Å². The summed E-state index contributed by atoms with van der Waals surface area (Å²) in [5, 5.41) is 22.1. The Morgan fingerprint density at radius 3 is 1.44 bits per heavy atom. The molecule has 2 aliphatic rings. The summed E-state index contributed by atoms with van der Waals surface area (Å²) < 4.78 is 0. The summed E-state index contributed by atoms with van der Waals surface area (Å²) >= 11 is 0. The molecule has 2 N–H and O–H groups in total. The van der Waals surface area contributed by atoms with Crippen molar-refractivity contribution in [2.45, 2.75) is 118 Å². The Labute approximate surface area is 206 Å². The third-order valence-electron chi connectivity index (χ3n) is 7.88. The zero-order valence-electron chi connectivity index (χ0n) is 22.2. The van der Waals surface area contributed by atoms with Gasteiger partial charge < -0.3 is 10.2 Å². The lowest BCUT2D eigenvalue weighted by atomic mass is 9.67. The van der Waals surface area contributed by atoms with Crippen LogP contribution in [0.4, 0.5) is 0 Å². The number of hydrogen-bond acceptors (Lipinski definition) is 4. The summed E-state index contributed by atoms with van der Waals surface area (Å²) in [6, 6.07) is 0. The molecule has 34 heavy (non-hydrogen) atoms. The van der Waals surface area contributed by atoms with Crippen LogP contribution in [0, 0.1) is 10.8 Å². The first-order valence-electron chi connectivity index (χ1n) is 13.0. The van der Waals surface area contributed by atoms with Crippen molar-refractivity contribution in [1.29, 1.82) is 0 Å². The summed E-state index contributed by atoms with van der Waals surface area (Å²) in [7, 11) is 0.